The van der Waals surface area contributed by atoms with Gasteiger partial charge in [0.2, 0.25) is 5.91 Å². The number of amides is 1. The Balaban J connectivity index is 2.23. The van der Waals surface area contributed by atoms with E-state index in [4.69, 9.17) is 11.0 Å². The Morgan fingerprint density at radius 2 is 2.00 bits per heavy atom. The van der Waals surface area contributed by atoms with Crippen LogP contribution >= 0.6 is 0 Å². The second-order valence-electron chi connectivity index (χ2n) is 4.35. The molecule has 0 saturated carbocycles. The SMILES string of the molecule is N#CCN1CCN(CC(N)=O)C1c1ccccc1. The number of rotatable bonds is 4. The van der Waals surface area contributed by atoms with Gasteiger partial charge in [0.15, 0.2) is 0 Å². The Morgan fingerprint density at radius 3 is 2.61 bits per heavy atom. The highest BCUT2D eigenvalue weighted by atomic mass is 16.1. The summed E-state index contributed by atoms with van der Waals surface area (Å²) in [5.41, 5.74) is 6.36. The standard InChI is InChI=1S/C13H16N4O/c14-6-7-16-8-9-17(10-12(15)18)13(16)11-4-2-1-3-5-11/h1-5,13H,7-10H2,(H2,15,18). The lowest BCUT2D eigenvalue weighted by atomic mass is 10.1. The first kappa shape index (κ1) is 12.6. The van der Waals surface area contributed by atoms with Crippen molar-refractivity contribution in [2.24, 2.45) is 5.73 Å². The molecule has 0 spiro atoms. The summed E-state index contributed by atoms with van der Waals surface area (Å²) in [7, 11) is 0. The molecule has 1 atom stereocenters. The van der Waals surface area contributed by atoms with Gasteiger partial charge in [-0.15, -0.1) is 0 Å². The topological polar surface area (TPSA) is 73.4 Å². The van der Waals surface area contributed by atoms with Gasteiger partial charge in [-0.05, 0) is 5.56 Å². The van der Waals surface area contributed by atoms with Gasteiger partial charge in [-0.25, -0.2) is 0 Å². The first-order chi connectivity index (χ1) is 8.72. The quantitative estimate of drug-likeness (QED) is 0.774. The van der Waals surface area contributed by atoms with Gasteiger partial charge in [-0.1, -0.05) is 30.3 Å². The summed E-state index contributed by atoms with van der Waals surface area (Å²) in [6.07, 6.45) is -0.0293. The number of nitriles is 1. The molecule has 2 N–H and O–H groups in total. The molecular weight excluding hydrogens is 228 g/mol. The predicted octanol–water partition coefficient (Wildman–Crippen LogP) is 0.312. The summed E-state index contributed by atoms with van der Waals surface area (Å²) in [6.45, 7) is 2.11. The highest BCUT2D eigenvalue weighted by Crippen LogP contribution is 2.28. The Morgan fingerprint density at radius 1 is 1.33 bits per heavy atom. The van der Waals surface area contributed by atoms with Gasteiger partial charge >= 0.3 is 0 Å². The van der Waals surface area contributed by atoms with Crippen molar-refractivity contribution < 1.29 is 4.79 Å². The van der Waals surface area contributed by atoms with E-state index in [1.807, 2.05) is 35.2 Å². The minimum atomic E-state index is -0.338. The van der Waals surface area contributed by atoms with E-state index in [0.29, 0.717) is 6.54 Å². The van der Waals surface area contributed by atoms with Gasteiger partial charge in [-0.3, -0.25) is 14.6 Å². The molecule has 1 amide bonds. The summed E-state index contributed by atoms with van der Waals surface area (Å²) in [5, 5.41) is 8.86. The molecule has 1 aliphatic heterocycles. The van der Waals surface area contributed by atoms with Crippen LogP contribution in [0, 0.1) is 11.3 Å². The maximum absolute atomic E-state index is 11.1. The van der Waals surface area contributed by atoms with E-state index in [2.05, 4.69) is 11.0 Å². The fourth-order valence-electron chi connectivity index (χ4n) is 2.40. The van der Waals surface area contributed by atoms with E-state index in [-0.39, 0.29) is 18.6 Å². The second kappa shape index (κ2) is 5.63. The number of hydrogen-bond donors (Lipinski definition) is 1. The van der Waals surface area contributed by atoms with Crippen molar-refractivity contribution in [2.45, 2.75) is 6.17 Å². The number of benzene rings is 1. The third-order valence-electron chi connectivity index (χ3n) is 3.10. The fourth-order valence-corrected chi connectivity index (χ4v) is 2.40. The van der Waals surface area contributed by atoms with Crippen LogP contribution in [0.15, 0.2) is 30.3 Å². The Labute approximate surface area is 106 Å². The molecule has 1 saturated heterocycles. The van der Waals surface area contributed by atoms with Crippen molar-refractivity contribution in [1.82, 2.24) is 9.80 Å². The molecule has 1 unspecified atom stereocenters. The number of primary amides is 1. The normalized spacial score (nSPS) is 20.7. The Kier molecular flexibility index (Phi) is 3.92. The van der Waals surface area contributed by atoms with Crippen molar-refractivity contribution in [3.05, 3.63) is 35.9 Å². The van der Waals surface area contributed by atoms with Gasteiger partial charge in [0, 0.05) is 13.1 Å². The first-order valence-electron chi connectivity index (χ1n) is 5.90. The zero-order valence-corrected chi connectivity index (χ0v) is 10.1. The smallest absolute Gasteiger partial charge is 0.231 e. The average molecular weight is 244 g/mol. The van der Waals surface area contributed by atoms with Crippen LogP contribution in [-0.4, -0.2) is 41.9 Å². The van der Waals surface area contributed by atoms with E-state index < -0.39 is 0 Å². The average Bonchev–Trinajstić information content (AvgIpc) is 2.73. The summed E-state index contributed by atoms with van der Waals surface area (Å²) in [4.78, 5) is 15.2. The minimum Gasteiger partial charge on any atom is -0.369 e. The molecule has 0 aromatic heterocycles. The lowest BCUT2D eigenvalue weighted by molar-refractivity contribution is -0.119. The number of carbonyl (C=O) groups is 1. The molecule has 0 radical (unpaired) electrons. The van der Waals surface area contributed by atoms with E-state index in [9.17, 15) is 4.79 Å². The van der Waals surface area contributed by atoms with Crippen LogP contribution < -0.4 is 5.73 Å². The largest absolute Gasteiger partial charge is 0.369 e. The molecular formula is C13H16N4O. The van der Waals surface area contributed by atoms with E-state index >= 15 is 0 Å². The van der Waals surface area contributed by atoms with Crippen molar-refractivity contribution in [3.8, 4) is 6.07 Å². The van der Waals surface area contributed by atoms with E-state index in [1.165, 1.54) is 0 Å². The molecule has 94 valence electrons. The lowest BCUT2D eigenvalue weighted by Gasteiger charge is -2.28. The summed E-state index contributed by atoms with van der Waals surface area (Å²) in [5.74, 6) is -0.338. The van der Waals surface area contributed by atoms with Crippen LogP contribution in [0.5, 0.6) is 0 Å². The second-order valence-corrected chi connectivity index (χ2v) is 4.35. The van der Waals surface area contributed by atoms with E-state index in [0.717, 1.165) is 18.7 Å². The third kappa shape index (κ3) is 2.67. The van der Waals surface area contributed by atoms with Crippen LogP contribution in [-0.2, 0) is 4.79 Å². The maximum Gasteiger partial charge on any atom is 0.231 e. The lowest BCUT2D eigenvalue weighted by Crippen LogP contribution is -2.36. The molecule has 1 aliphatic rings. The van der Waals surface area contributed by atoms with Crippen LogP contribution in [0.1, 0.15) is 11.7 Å². The molecule has 1 aromatic carbocycles. The van der Waals surface area contributed by atoms with Crippen molar-refractivity contribution in [3.63, 3.8) is 0 Å². The molecule has 0 aliphatic carbocycles. The number of hydrogen-bond acceptors (Lipinski definition) is 4. The van der Waals surface area contributed by atoms with Crippen molar-refractivity contribution in [1.29, 1.82) is 5.26 Å². The summed E-state index contributed by atoms with van der Waals surface area (Å²) in [6, 6.07) is 12.1. The van der Waals surface area contributed by atoms with Gasteiger partial charge in [-0.2, -0.15) is 5.26 Å². The molecule has 5 heteroatoms. The molecule has 1 fully saturated rings. The zero-order valence-electron chi connectivity index (χ0n) is 10.1. The minimum absolute atomic E-state index is 0.0293. The summed E-state index contributed by atoms with van der Waals surface area (Å²) < 4.78 is 0. The highest BCUT2D eigenvalue weighted by molar-refractivity contribution is 5.76. The monoisotopic (exact) mass is 244 g/mol. The fraction of sp³-hybridized carbons (Fsp3) is 0.385. The van der Waals surface area contributed by atoms with Gasteiger partial charge in [0.1, 0.15) is 0 Å². The van der Waals surface area contributed by atoms with Crippen LogP contribution in [0.2, 0.25) is 0 Å². The van der Waals surface area contributed by atoms with Gasteiger partial charge < -0.3 is 5.73 Å². The van der Waals surface area contributed by atoms with Crippen LogP contribution in [0.3, 0.4) is 0 Å². The van der Waals surface area contributed by atoms with Crippen molar-refractivity contribution in [2.75, 3.05) is 26.2 Å². The summed E-state index contributed by atoms with van der Waals surface area (Å²) >= 11 is 0. The third-order valence-corrected chi connectivity index (χ3v) is 3.10. The number of carbonyl (C=O) groups excluding carboxylic acids is 1. The number of nitrogens with zero attached hydrogens (tertiary/aromatic N) is 3. The van der Waals surface area contributed by atoms with Gasteiger partial charge in [0.25, 0.3) is 0 Å². The molecule has 1 heterocycles. The molecule has 5 nitrogen and oxygen atoms in total. The van der Waals surface area contributed by atoms with Crippen LogP contribution in [0.25, 0.3) is 0 Å². The highest BCUT2D eigenvalue weighted by Gasteiger charge is 2.33. The molecule has 18 heavy (non-hydrogen) atoms. The molecule has 1 aromatic rings. The maximum atomic E-state index is 11.1. The zero-order chi connectivity index (χ0) is 13.0. The number of nitrogens with two attached hydrogens (primary N) is 1. The first-order valence-corrected chi connectivity index (χ1v) is 5.90. The van der Waals surface area contributed by atoms with Crippen molar-refractivity contribution >= 4 is 5.91 Å². The van der Waals surface area contributed by atoms with E-state index in [1.54, 1.807) is 0 Å². The Hall–Kier alpha value is -1.90. The van der Waals surface area contributed by atoms with Crippen LogP contribution in [0.4, 0.5) is 0 Å². The predicted molar refractivity (Wildman–Crippen MR) is 67.1 cm³/mol. The Bertz CT molecular complexity index is 454. The molecule has 2 rings (SSSR count). The van der Waals surface area contributed by atoms with Gasteiger partial charge in [0.05, 0.1) is 25.3 Å². The molecule has 0 bridgehead atoms.